The lowest BCUT2D eigenvalue weighted by Crippen LogP contribution is -2.51. The number of ether oxygens (including phenoxy) is 2. The number of nitrogens with zero attached hydrogens (tertiary/aromatic N) is 3. The molecule has 5 rings (SSSR count). The summed E-state index contributed by atoms with van der Waals surface area (Å²) in [5.74, 6) is 0.780. The maximum Gasteiger partial charge on any atom is 0.272 e. The smallest absolute Gasteiger partial charge is 0.272 e. The van der Waals surface area contributed by atoms with Gasteiger partial charge in [0.15, 0.2) is 0 Å². The minimum absolute atomic E-state index is 0.0788. The van der Waals surface area contributed by atoms with Crippen LogP contribution >= 0.6 is 0 Å². The summed E-state index contributed by atoms with van der Waals surface area (Å²) >= 11 is 0. The summed E-state index contributed by atoms with van der Waals surface area (Å²) < 4.78 is 12.0. The molecule has 3 aromatic rings. The Kier molecular flexibility index (Phi) is 4.20. The van der Waals surface area contributed by atoms with Crippen molar-refractivity contribution in [2.45, 2.75) is 25.0 Å². The predicted molar refractivity (Wildman–Crippen MR) is 104 cm³/mol. The van der Waals surface area contributed by atoms with Crippen LogP contribution in [0.15, 0.2) is 54.9 Å². The molecule has 2 aliphatic heterocycles. The number of pyridine rings is 2. The van der Waals surface area contributed by atoms with Crippen LogP contribution in [-0.2, 0) is 11.3 Å². The number of hydrogen-bond donors (Lipinski definition) is 0. The zero-order valence-corrected chi connectivity index (χ0v) is 15.5. The molecule has 0 aliphatic carbocycles. The van der Waals surface area contributed by atoms with Gasteiger partial charge in [0.1, 0.15) is 17.0 Å². The maximum absolute atomic E-state index is 13.4. The maximum atomic E-state index is 13.4. The van der Waals surface area contributed by atoms with Gasteiger partial charge < -0.3 is 14.4 Å². The molecule has 1 fully saturated rings. The van der Waals surface area contributed by atoms with Crippen molar-refractivity contribution in [3.05, 3.63) is 66.1 Å². The van der Waals surface area contributed by atoms with E-state index in [9.17, 15) is 4.79 Å². The third-order valence-corrected chi connectivity index (χ3v) is 5.54. The van der Waals surface area contributed by atoms with E-state index in [-0.39, 0.29) is 5.91 Å². The van der Waals surface area contributed by atoms with Crippen molar-refractivity contribution in [3.8, 4) is 5.75 Å². The zero-order chi connectivity index (χ0) is 19.0. The van der Waals surface area contributed by atoms with Gasteiger partial charge in [-0.15, -0.1) is 0 Å². The molecule has 2 aliphatic rings. The van der Waals surface area contributed by atoms with Gasteiger partial charge in [0.05, 0.1) is 25.3 Å². The van der Waals surface area contributed by atoms with E-state index in [1.54, 1.807) is 18.5 Å². The highest BCUT2D eigenvalue weighted by atomic mass is 16.5. The minimum atomic E-state index is -0.415. The Labute approximate surface area is 163 Å². The summed E-state index contributed by atoms with van der Waals surface area (Å²) in [5.41, 5.74) is 1.82. The zero-order valence-electron chi connectivity index (χ0n) is 15.5. The molecule has 0 N–H and O–H groups in total. The number of carbonyl (C=O) groups excluding carboxylic acids is 1. The summed E-state index contributed by atoms with van der Waals surface area (Å²) in [6.07, 6.45) is 4.98. The van der Waals surface area contributed by atoms with Crippen molar-refractivity contribution in [2.24, 2.45) is 0 Å². The number of amides is 1. The number of fused-ring (bicyclic) bond motifs is 2. The van der Waals surface area contributed by atoms with Crippen LogP contribution in [0.4, 0.5) is 0 Å². The molecule has 1 spiro atoms. The van der Waals surface area contributed by atoms with Crippen LogP contribution in [0, 0.1) is 0 Å². The van der Waals surface area contributed by atoms with Gasteiger partial charge in [-0.25, -0.2) is 4.98 Å². The molecule has 4 heterocycles. The fraction of sp³-hybridized carbons (Fsp3) is 0.318. The van der Waals surface area contributed by atoms with Crippen molar-refractivity contribution in [3.63, 3.8) is 0 Å². The van der Waals surface area contributed by atoms with Crippen LogP contribution in [0.25, 0.3) is 10.9 Å². The fourth-order valence-electron chi connectivity index (χ4n) is 4.00. The van der Waals surface area contributed by atoms with Crippen LogP contribution in [0.5, 0.6) is 5.75 Å². The highest BCUT2D eigenvalue weighted by Gasteiger charge is 2.41. The third-order valence-electron chi connectivity index (χ3n) is 5.54. The van der Waals surface area contributed by atoms with Crippen molar-refractivity contribution in [2.75, 3.05) is 19.8 Å². The molecule has 0 saturated carbocycles. The Morgan fingerprint density at radius 1 is 1.07 bits per heavy atom. The van der Waals surface area contributed by atoms with E-state index < -0.39 is 5.60 Å². The van der Waals surface area contributed by atoms with E-state index in [4.69, 9.17) is 9.47 Å². The average molecular weight is 375 g/mol. The summed E-state index contributed by atoms with van der Waals surface area (Å²) in [5, 5.41) is 0.921. The Morgan fingerprint density at radius 3 is 2.82 bits per heavy atom. The summed E-state index contributed by atoms with van der Waals surface area (Å²) in [4.78, 5) is 23.9. The Bertz CT molecular complexity index is 1030. The summed E-state index contributed by atoms with van der Waals surface area (Å²) in [7, 11) is 0. The Morgan fingerprint density at radius 2 is 1.93 bits per heavy atom. The van der Waals surface area contributed by atoms with E-state index in [0.29, 0.717) is 32.0 Å². The molecule has 142 valence electrons. The molecule has 6 heteroatoms. The standard InChI is InChI=1S/C22H21N3O3/c26-21(19-6-5-16-13-23-10-7-18(16)24-19)25-14-17-3-1-2-4-20(17)28-22(15-25)8-11-27-12-9-22/h1-7,10,13H,8-9,11-12,14-15H2. The molecular weight excluding hydrogens is 354 g/mol. The quantitative estimate of drug-likeness (QED) is 0.653. The van der Waals surface area contributed by atoms with Gasteiger partial charge in [-0.2, -0.15) is 0 Å². The second kappa shape index (κ2) is 6.87. The normalized spacial score (nSPS) is 18.4. The number of rotatable bonds is 1. The molecule has 1 saturated heterocycles. The average Bonchev–Trinajstić information content (AvgIpc) is 2.90. The number of aromatic nitrogens is 2. The highest BCUT2D eigenvalue weighted by molar-refractivity contribution is 5.94. The fourth-order valence-corrected chi connectivity index (χ4v) is 4.00. The lowest BCUT2D eigenvalue weighted by atomic mass is 9.93. The molecule has 0 bridgehead atoms. The van der Waals surface area contributed by atoms with E-state index in [1.807, 2.05) is 41.3 Å². The SMILES string of the molecule is O=C(c1ccc2cnccc2n1)N1Cc2ccccc2OC2(CCOCC2)C1. The van der Waals surface area contributed by atoms with Gasteiger partial charge >= 0.3 is 0 Å². The van der Waals surface area contributed by atoms with Crippen LogP contribution in [0.3, 0.4) is 0 Å². The van der Waals surface area contributed by atoms with Gasteiger partial charge in [-0.1, -0.05) is 18.2 Å². The summed E-state index contributed by atoms with van der Waals surface area (Å²) in [6, 6.07) is 13.5. The lowest BCUT2D eigenvalue weighted by molar-refractivity contribution is -0.0551. The van der Waals surface area contributed by atoms with E-state index in [2.05, 4.69) is 9.97 Å². The monoisotopic (exact) mass is 375 g/mol. The largest absolute Gasteiger partial charge is 0.485 e. The van der Waals surface area contributed by atoms with E-state index >= 15 is 0 Å². The van der Waals surface area contributed by atoms with E-state index in [0.717, 1.165) is 35.1 Å². The van der Waals surface area contributed by atoms with Gasteiger partial charge in [-0.05, 0) is 24.3 Å². The van der Waals surface area contributed by atoms with Crippen LogP contribution in [-0.4, -0.2) is 46.1 Å². The van der Waals surface area contributed by atoms with Crippen LogP contribution < -0.4 is 4.74 Å². The molecule has 0 unspecified atom stereocenters. The van der Waals surface area contributed by atoms with Gasteiger partial charge in [-0.3, -0.25) is 9.78 Å². The van der Waals surface area contributed by atoms with Crippen LogP contribution in [0.2, 0.25) is 0 Å². The molecule has 1 amide bonds. The van der Waals surface area contributed by atoms with Crippen molar-refractivity contribution in [1.82, 2.24) is 14.9 Å². The lowest BCUT2D eigenvalue weighted by Gasteiger charge is -2.38. The molecule has 28 heavy (non-hydrogen) atoms. The molecule has 2 aromatic heterocycles. The minimum Gasteiger partial charge on any atom is -0.485 e. The first-order valence-electron chi connectivity index (χ1n) is 9.57. The van der Waals surface area contributed by atoms with Crippen molar-refractivity contribution < 1.29 is 14.3 Å². The number of para-hydroxylation sites is 1. The Balaban J connectivity index is 1.52. The summed E-state index contributed by atoms with van der Waals surface area (Å²) in [6.45, 7) is 2.32. The third kappa shape index (κ3) is 3.10. The molecular formula is C22H21N3O3. The molecule has 0 radical (unpaired) electrons. The van der Waals surface area contributed by atoms with Gasteiger partial charge in [0.25, 0.3) is 5.91 Å². The topological polar surface area (TPSA) is 64.6 Å². The molecule has 0 atom stereocenters. The van der Waals surface area contributed by atoms with Crippen molar-refractivity contribution >= 4 is 16.8 Å². The predicted octanol–water partition coefficient (Wildman–Crippen LogP) is 3.21. The van der Waals surface area contributed by atoms with E-state index in [1.165, 1.54) is 0 Å². The van der Waals surface area contributed by atoms with Gasteiger partial charge in [0.2, 0.25) is 0 Å². The second-order valence-electron chi connectivity index (χ2n) is 7.43. The van der Waals surface area contributed by atoms with Gasteiger partial charge in [0, 0.05) is 42.7 Å². The number of carbonyl (C=O) groups is 1. The second-order valence-corrected chi connectivity index (χ2v) is 7.43. The molecule has 6 nitrogen and oxygen atoms in total. The van der Waals surface area contributed by atoms with Crippen molar-refractivity contribution in [1.29, 1.82) is 0 Å². The first-order valence-corrected chi connectivity index (χ1v) is 9.57. The first-order chi connectivity index (χ1) is 13.7. The highest BCUT2D eigenvalue weighted by Crippen LogP contribution is 2.35. The number of hydrogen-bond acceptors (Lipinski definition) is 5. The Hall–Kier alpha value is -2.99. The first kappa shape index (κ1) is 17.1. The van der Waals surface area contributed by atoms with Crippen LogP contribution in [0.1, 0.15) is 28.9 Å². The number of benzene rings is 1. The molecule has 1 aromatic carbocycles.